The molecule has 1 aliphatic heterocycles. The number of para-hydroxylation sites is 1. The van der Waals surface area contributed by atoms with Crippen molar-refractivity contribution in [2.24, 2.45) is 0 Å². The summed E-state index contributed by atoms with van der Waals surface area (Å²) in [4.78, 5) is 12.8. The summed E-state index contributed by atoms with van der Waals surface area (Å²) >= 11 is 0. The summed E-state index contributed by atoms with van der Waals surface area (Å²) in [5.74, 6) is 0.580. The molecule has 1 fully saturated rings. The van der Waals surface area contributed by atoms with Crippen molar-refractivity contribution in [1.29, 1.82) is 0 Å². The van der Waals surface area contributed by atoms with Crippen LogP contribution in [-0.2, 0) is 4.79 Å². The normalized spacial score (nSPS) is 20.2. The number of carbonyl (C=O) groups is 1. The predicted octanol–water partition coefficient (Wildman–Crippen LogP) is 4.18. The summed E-state index contributed by atoms with van der Waals surface area (Å²) in [6.07, 6.45) is -0.785. The van der Waals surface area contributed by atoms with E-state index in [1.807, 2.05) is 60.4 Å². The fourth-order valence-corrected chi connectivity index (χ4v) is 3.07. The smallest absolute Gasteiger partial charge is 0.305 e. The molecule has 0 aromatic heterocycles. The van der Waals surface area contributed by atoms with E-state index in [2.05, 4.69) is 0 Å². The topological polar surface area (TPSA) is 49.8 Å². The number of hydrogen-bond acceptors (Lipinski definition) is 3. The number of anilines is 1. The molecule has 1 aliphatic rings. The SMILES string of the molecule is Cc1ccccc1Oc1ccc(N2CC(F)CC2CC(=O)O)cc1. The number of carboxylic acids is 1. The van der Waals surface area contributed by atoms with Gasteiger partial charge in [-0.2, -0.15) is 0 Å². The lowest BCUT2D eigenvalue weighted by Crippen LogP contribution is -2.31. The first kappa shape index (κ1) is 16.3. The van der Waals surface area contributed by atoms with Crippen LogP contribution in [0.2, 0.25) is 0 Å². The standard InChI is InChI=1S/C19H20FNO3/c1-13-4-2-3-5-18(13)24-17-8-6-15(7-9-17)21-12-14(20)10-16(21)11-19(22)23/h2-9,14,16H,10-12H2,1H3,(H,22,23). The Hall–Kier alpha value is -2.56. The number of aliphatic carboxylic acids is 1. The van der Waals surface area contributed by atoms with Crippen LogP contribution in [-0.4, -0.2) is 29.8 Å². The van der Waals surface area contributed by atoms with Crippen molar-refractivity contribution in [1.82, 2.24) is 0 Å². The van der Waals surface area contributed by atoms with E-state index in [0.717, 1.165) is 17.0 Å². The summed E-state index contributed by atoms with van der Waals surface area (Å²) in [6.45, 7) is 2.21. The third kappa shape index (κ3) is 3.67. The van der Waals surface area contributed by atoms with E-state index in [-0.39, 0.29) is 25.4 Å². The van der Waals surface area contributed by atoms with Crippen molar-refractivity contribution in [3.8, 4) is 11.5 Å². The fourth-order valence-electron chi connectivity index (χ4n) is 3.07. The second-order valence-corrected chi connectivity index (χ2v) is 6.10. The van der Waals surface area contributed by atoms with Crippen LogP contribution in [0.5, 0.6) is 11.5 Å². The highest BCUT2D eigenvalue weighted by Gasteiger charge is 2.33. The van der Waals surface area contributed by atoms with Crippen molar-refractivity contribution < 1.29 is 19.0 Å². The highest BCUT2D eigenvalue weighted by Crippen LogP contribution is 2.32. The van der Waals surface area contributed by atoms with Crippen molar-refractivity contribution in [3.05, 3.63) is 54.1 Å². The zero-order chi connectivity index (χ0) is 17.1. The third-order valence-corrected chi connectivity index (χ3v) is 4.26. The Bertz CT molecular complexity index is 717. The van der Waals surface area contributed by atoms with Gasteiger partial charge in [0.1, 0.15) is 17.7 Å². The van der Waals surface area contributed by atoms with Crippen LogP contribution >= 0.6 is 0 Å². The molecule has 0 aliphatic carbocycles. The highest BCUT2D eigenvalue weighted by molar-refractivity contribution is 5.69. The van der Waals surface area contributed by atoms with Crippen LogP contribution in [0.1, 0.15) is 18.4 Å². The lowest BCUT2D eigenvalue weighted by Gasteiger charge is -2.25. The van der Waals surface area contributed by atoms with Crippen LogP contribution in [0.3, 0.4) is 0 Å². The lowest BCUT2D eigenvalue weighted by atomic mass is 10.1. The van der Waals surface area contributed by atoms with Crippen LogP contribution in [0.4, 0.5) is 10.1 Å². The number of alkyl halides is 1. The number of hydrogen-bond donors (Lipinski definition) is 1. The second-order valence-electron chi connectivity index (χ2n) is 6.10. The predicted molar refractivity (Wildman–Crippen MR) is 90.6 cm³/mol. The first-order valence-corrected chi connectivity index (χ1v) is 7.99. The van der Waals surface area contributed by atoms with Crippen LogP contribution in [0, 0.1) is 6.92 Å². The van der Waals surface area contributed by atoms with Crippen molar-refractivity contribution in [2.75, 3.05) is 11.4 Å². The first-order chi connectivity index (χ1) is 11.5. The number of aryl methyl sites for hydroxylation is 1. The van der Waals surface area contributed by atoms with Gasteiger partial charge >= 0.3 is 5.97 Å². The van der Waals surface area contributed by atoms with Gasteiger partial charge in [-0.05, 0) is 42.8 Å². The molecule has 1 heterocycles. The maximum Gasteiger partial charge on any atom is 0.305 e. The number of halogens is 1. The minimum absolute atomic E-state index is 0.0537. The molecule has 3 rings (SSSR count). The molecule has 2 aromatic carbocycles. The summed E-state index contributed by atoms with van der Waals surface area (Å²) < 4.78 is 19.6. The van der Waals surface area contributed by atoms with Crippen LogP contribution < -0.4 is 9.64 Å². The Labute approximate surface area is 140 Å². The Morgan fingerprint density at radius 1 is 1.25 bits per heavy atom. The summed E-state index contributed by atoms with van der Waals surface area (Å²) in [6, 6.07) is 14.8. The molecule has 1 N–H and O–H groups in total. The van der Waals surface area contributed by atoms with E-state index in [1.54, 1.807) is 0 Å². The minimum Gasteiger partial charge on any atom is -0.481 e. The molecule has 2 aromatic rings. The average Bonchev–Trinajstić information content (AvgIpc) is 2.90. The first-order valence-electron chi connectivity index (χ1n) is 7.99. The van der Waals surface area contributed by atoms with E-state index in [4.69, 9.17) is 9.84 Å². The Balaban J connectivity index is 1.74. The third-order valence-electron chi connectivity index (χ3n) is 4.26. The van der Waals surface area contributed by atoms with Gasteiger partial charge in [0.25, 0.3) is 0 Å². The molecule has 0 amide bonds. The van der Waals surface area contributed by atoms with Gasteiger partial charge in [-0.15, -0.1) is 0 Å². The van der Waals surface area contributed by atoms with E-state index >= 15 is 0 Å². The monoisotopic (exact) mass is 329 g/mol. The zero-order valence-electron chi connectivity index (χ0n) is 13.5. The zero-order valence-corrected chi connectivity index (χ0v) is 13.5. The highest BCUT2D eigenvalue weighted by atomic mass is 19.1. The molecular weight excluding hydrogens is 309 g/mol. The van der Waals surface area contributed by atoms with Crippen molar-refractivity contribution in [3.63, 3.8) is 0 Å². The summed E-state index contributed by atoms with van der Waals surface area (Å²) in [5.41, 5.74) is 1.86. The maximum atomic E-state index is 13.7. The average molecular weight is 329 g/mol. The van der Waals surface area contributed by atoms with Gasteiger partial charge in [-0.1, -0.05) is 18.2 Å². The van der Waals surface area contributed by atoms with Gasteiger partial charge in [0.05, 0.1) is 6.42 Å². The Kier molecular flexibility index (Phi) is 4.69. The van der Waals surface area contributed by atoms with E-state index in [9.17, 15) is 9.18 Å². The summed E-state index contributed by atoms with van der Waals surface area (Å²) in [5, 5.41) is 8.99. The lowest BCUT2D eigenvalue weighted by molar-refractivity contribution is -0.137. The van der Waals surface area contributed by atoms with Gasteiger partial charge in [-0.3, -0.25) is 4.79 Å². The van der Waals surface area contributed by atoms with Crippen molar-refractivity contribution in [2.45, 2.75) is 32.0 Å². The number of ether oxygens (including phenoxy) is 1. The molecule has 0 bridgehead atoms. The van der Waals surface area contributed by atoms with E-state index in [1.165, 1.54) is 0 Å². The van der Waals surface area contributed by atoms with E-state index in [0.29, 0.717) is 5.75 Å². The molecule has 0 spiro atoms. The maximum absolute atomic E-state index is 13.7. The Morgan fingerprint density at radius 3 is 2.62 bits per heavy atom. The van der Waals surface area contributed by atoms with Gasteiger partial charge in [0.2, 0.25) is 0 Å². The Morgan fingerprint density at radius 2 is 1.96 bits per heavy atom. The van der Waals surface area contributed by atoms with Gasteiger partial charge in [-0.25, -0.2) is 4.39 Å². The van der Waals surface area contributed by atoms with Gasteiger partial charge in [0, 0.05) is 24.7 Å². The van der Waals surface area contributed by atoms with Crippen LogP contribution in [0.25, 0.3) is 0 Å². The number of rotatable bonds is 5. The summed E-state index contributed by atoms with van der Waals surface area (Å²) in [7, 11) is 0. The molecule has 5 heteroatoms. The van der Waals surface area contributed by atoms with Gasteiger partial charge < -0.3 is 14.7 Å². The molecule has 0 saturated carbocycles. The number of benzene rings is 2. The largest absolute Gasteiger partial charge is 0.481 e. The molecule has 4 nitrogen and oxygen atoms in total. The molecular formula is C19H20FNO3. The van der Waals surface area contributed by atoms with Crippen LogP contribution in [0.15, 0.2) is 48.5 Å². The molecule has 0 radical (unpaired) electrons. The number of nitrogens with zero attached hydrogens (tertiary/aromatic N) is 1. The minimum atomic E-state index is -0.989. The molecule has 2 unspecified atom stereocenters. The fraction of sp³-hybridized carbons (Fsp3) is 0.316. The molecule has 2 atom stereocenters. The number of carboxylic acid groups (broad SMARTS) is 1. The quantitative estimate of drug-likeness (QED) is 0.894. The molecule has 126 valence electrons. The molecule has 24 heavy (non-hydrogen) atoms. The van der Waals surface area contributed by atoms with E-state index < -0.39 is 12.1 Å². The molecule has 1 saturated heterocycles. The van der Waals surface area contributed by atoms with Gasteiger partial charge in [0.15, 0.2) is 0 Å². The van der Waals surface area contributed by atoms with Crippen molar-refractivity contribution >= 4 is 11.7 Å². The second kappa shape index (κ2) is 6.91.